The molecule has 2 aliphatic rings. The van der Waals surface area contributed by atoms with E-state index in [-0.39, 0.29) is 11.8 Å². The Labute approximate surface area is 159 Å². The highest BCUT2D eigenvalue weighted by molar-refractivity contribution is 5.82. The average Bonchev–Trinajstić information content (AvgIpc) is 3.08. The van der Waals surface area contributed by atoms with Gasteiger partial charge < -0.3 is 14.7 Å². The van der Waals surface area contributed by atoms with Crippen molar-refractivity contribution in [2.24, 2.45) is 5.92 Å². The number of hydrogen-bond donors (Lipinski definition) is 1. The summed E-state index contributed by atoms with van der Waals surface area (Å²) in [6, 6.07) is 10.1. The number of para-hydroxylation sites is 1. The Hall–Kier alpha value is -2.02. The zero-order valence-corrected chi connectivity index (χ0v) is 15.6. The number of pyridine rings is 1. The van der Waals surface area contributed by atoms with Gasteiger partial charge in [0.05, 0.1) is 24.8 Å². The van der Waals surface area contributed by atoms with Crippen molar-refractivity contribution in [3.05, 3.63) is 42.1 Å². The highest BCUT2D eigenvalue weighted by Gasteiger charge is 2.34. The molecule has 27 heavy (non-hydrogen) atoms. The van der Waals surface area contributed by atoms with Gasteiger partial charge in [0.15, 0.2) is 0 Å². The quantitative estimate of drug-likeness (QED) is 0.861. The van der Waals surface area contributed by atoms with E-state index in [1.807, 2.05) is 35.4 Å². The van der Waals surface area contributed by atoms with E-state index in [1.165, 1.54) is 5.56 Å². The summed E-state index contributed by atoms with van der Waals surface area (Å²) < 4.78 is 5.35. The first-order chi connectivity index (χ1) is 13.2. The van der Waals surface area contributed by atoms with Gasteiger partial charge in [-0.2, -0.15) is 0 Å². The molecule has 4 rings (SSSR count). The van der Waals surface area contributed by atoms with Crippen LogP contribution in [-0.4, -0.2) is 77.8 Å². The zero-order chi connectivity index (χ0) is 18.6. The molecule has 0 aliphatic carbocycles. The number of aliphatic hydroxyl groups excluding tert-OH is 1. The first-order valence-corrected chi connectivity index (χ1v) is 9.79. The van der Waals surface area contributed by atoms with Gasteiger partial charge in [-0.15, -0.1) is 0 Å². The van der Waals surface area contributed by atoms with Crippen LogP contribution in [0.4, 0.5) is 0 Å². The molecule has 0 saturated carbocycles. The molecule has 3 heterocycles. The molecule has 6 heteroatoms. The van der Waals surface area contributed by atoms with Gasteiger partial charge in [-0.05, 0) is 24.1 Å². The predicted octanol–water partition coefficient (Wildman–Crippen LogP) is 1.32. The molecule has 2 aromatic rings. The van der Waals surface area contributed by atoms with Crippen molar-refractivity contribution >= 4 is 16.8 Å². The lowest BCUT2D eigenvalue weighted by atomic mass is 9.94. The van der Waals surface area contributed by atoms with Crippen LogP contribution < -0.4 is 0 Å². The number of benzene rings is 1. The van der Waals surface area contributed by atoms with E-state index in [9.17, 15) is 9.90 Å². The summed E-state index contributed by atoms with van der Waals surface area (Å²) in [6.45, 7) is 5.13. The van der Waals surface area contributed by atoms with Gasteiger partial charge in [0.25, 0.3) is 0 Å². The molecule has 2 aliphatic heterocycles. The largest absolute Gasteiger partial charge is 0.391 e. The number of fused-ring (bicyclic) bond motifs is 1. The molecule has 0 unspecified atom stereocenters. The maximum absolute atomic E-state index is 12.6. The summed E-state index contributed by atoms with van der Waals surface area (Å²) >= 11 is 0. The molecule has 1 aromatic carbocycles. The fourth-order valence-corrected chi connectivity index (χ4v) is 4.11. The zero-order valence-electron chi connectivity index (χ0n) is 15.6. The fraction of sp³-hybridized carbons (Fsp3) is 0.524. The summed E-state index contributed by atoms with van der Waals surface area (Å²) in [5.74, 6) is 0.214. The molecule has 2 saturated heterocycles. The molecular weight excluding hydrogens is 342 g/mol. The Kier molecular flexibility index (Phi) is 5.66. The highest BCUT2D eigenvalue weighted by Crippen LogP contribution is 2.25. The number of likely N-dealkylation sites (tertiary alicyclic amines) is 1. The van der Waals surface area contributed by atoms with Gasteiger partial charge >= 0.3 is 0 Å². The number of β-amino-alcohol motifs (C(OH)–C–C–N with tert-alkyl or cyclic N) is 1. The molecule has 6 nitrogen and oxygen atoms in total. The first-order valence-electron chi connectivity index (χ1n) is 9.79. The SMILES string of the molecule is O=C(CCN1CCOCC1)N1C[C@@H](Cc2ccnc3ccccc23)[C@H](O)C1. The number of ether oxygens (including phenoxy) is 1. The number of hydrogen-bond acceptors (Lipinski definition) is 5. The minimum atomic E-state index is -0.468. The van der Waals surface area contributed by atoms with Gasteiger partial charge in [0.1, 0.15) is 0 Å². The number of carbonyl (C=O) groups excluding carboxylic acids is 1. The lowest BCUT2D eigenvalue weighted by molar-refractivity contribution is -0.131. The smallest absolute Gasteiger partial charge is 0.223 e. The van der Waals surface area contributed by atoms with Crippen molar-refractivity contribution in [1.29, 1.82) is 0 Å². The molecule has 1 amide bonds. The number of aromatic nitrogens is 1. The second-order valence-electron chi connectivity index (χ2n) is 7.52. The number of aliphatic hydroxyl groups is 1. The number of rotatable bonds is 5. The maximum atomic E-state index is 12.6. The Bertz CT molecular complexity index is 786. The van der Waals surface area contributed by atoms with Gasteiger partial charge in [0.2, 0.25) is 5.91 Å². The third-order valence-electron chi connectivity index (χ3n) is 5.73. The number of morpholine rings is 1. The Balaban J connectivity index is 1.35. The number of nitrogens with zero attached hydrogens (tertiary/aromatic N) is 3. The van der Waals surface area contributed by atoms with Gasteiger partial charge in [-0.25, -0.2) is 0 Å². The Morgan fingerprint density at radius 1 is 1.19 bits per heavy atom. The minimum Gasteiger partial charge on any atom is -0.391 e. The minimum absolute atomic E-state index is 0.0724. The predicted molar refractivity (Wildman–Crippen MR) is 103 cm³/mol. The number of carbonyl (C=O) groups is 1. The van der Waals surface area contributed by atoms with E-state index in [4.69, 9.17) is 4.74 Å². The third kappa shape index (κ3) is 4.29. The van der Waals surface area contributed by atoms with Crippen LogP contribution in [0.2, 0.25) is 0 Å². The van der Waals surface area contributed by atoms with Crippen LogP contribution in [0, 0.1) is 5.92 Å². The number of amides is 1. The second kappa shape index (κ2) is 8.33. The second-order valence-corrected chi connectivity index (χ2v) is 7.52. The normalized spacial score (nSPS) is 23.8. The van der Waals surface area contributed by atoms with Gasteiger partial charge in [-0.1, -0.05) is 18.2 Å². The molecule has 0 radical (unpaired) electrons. The van der Waals surface area contributed by atoms with E-state index in [1.54, 1.807) is 0 Å². The van der Waals surface area contributed by atoms with Crippen molar-refractivity contribution in [3.63, 3.8) is 0 Å². The topological polar surface area (TPSA) is 65.9 Å². The molecule has 144 valence electrons. The summed E-state index contributed by atoms with van der Waals surface area (Å²) in [4.78, 5) is 21.1. The summed E-state index contributed by atoms with van der Waals surface area (Å²) in [5.41, 5.74) is 2.16. The molecule has 0 bridgehead atoms. The van der Waals surface area contributed by atoms with Crippen LogP contribution in [0.1, 0.15) is 12.0 Å². The van der Waals surface area contributed by atoms with E-state index < -0.39 is 6.10 Å². The average molecular weight is 369 g/mol. The molecule has 2 fully saturated rings. The lowest BCUT2D eigenvalue weighted by Crippen LogP contribution is -2.39. The van der Waals surface area contributed by atoms with E-state index in [0.29, 0.717) is 19.5 Å². The van der Waals surface area contributed by atoms with E-state index in [0.717, 1.165) is 50.2 Å². The first kappa shape index (κ1) is 18.3. The van der Waals surface area contributed by atoms with Crippen LogP contribution in [0.25, 0.3) is 10.9 Å². The van der Waals surface area contributed by atoms with Gasteiger partial charge in [-0.3, -0.25) is 14.7 Å². The van der Waals surface area contributed by atoms with Crippen LogP contribution in [-0.2, 0) is 16.0 Å². The van der Waals surface area contributed by atoms with E-state index in [2.05, 4.69) is 16.0 Å². The van der Waals surface area contributed by atoms with E-state index >= 15 is 0 Å². The standard InChI is InChI=1S/C21H27N3O3/c25-20-15-24(21(26)6-8-23-9-11-27-12-10-23)14-17(20)13-16-5-7-22-19-4-2-1-3-18(16)19/h1-5,7,17,20,25H,6,8-15H2/t17-,20-/m1/s1. The monoisotopic (exact) mass is 369 g/mol. The Morgan fingerprint density at radius 2 is 2.00 bits per heavy atom. The van der Waals surface area contributed by atoms with Crippen molar-refractivity contribution in [2.45, 2.75) is 18.9 Å². The van der Waals surface area contributed by atoms with Gasteiger partial charge in [0, 0.05) is 56.6 Å². The van der Waals surface area contributed by atoms with Crippen molar-refractivity contribution in [2.75, 3.05) is 45.9 Å². The molecule has 0 spiro atoms. The van der Waals surface area contributed by atoms with Crippen LogP contribution in [0.5, 0.6) is 0 Å². The summed E-state index contributed by atoms with van der Waals surface area (Å²) in [5, 5.41) is 11.7. The highest BCUT2D eigenvalue weighted by atomic mass is 16.5. The maximum Gasteiger partial charge on any atom is 0.223 e. The summed E-state index contributed by atoms with van der Waals surface area (Å²) in [6.07, 6.45) is 2.63. The fourth-order valence-electron chi connectivity index (χ4n) is 4.11. The Morgan fingerprint density at radius 3 is 2.85 bits per heavy atom. The van der Waals surface area contributed by atoms with Crippen LogP contribution >= 0.6 is 0 Å². The lowest BCUT2D eigenvalue weighted by Gasteiger charge is -2.27. The van der Waals surface area contributed by atoms with Crippen molar-refractivity contribution < 1.29 is 14.6 Å². The van der Waals surface area contributed by atoms with Crippen LogP contribution in [0.3, 0.4) is 0 Å². The molecule has 2 atom stereocenters. The summed E-state index contributed by atoms with van der Waals surface area (Å²) in [7, 11) is 0. The van der Waals surface area contributed by atoms with Crippen LogP contribution in [0.15, 0.2) is 36.5 Å². The van der Waals surface area contributed by atoms with Crippen molar-refractivity contribution in [3.8, 4) is 0 Å². The molecular formula is C21H27N3O3. The molecule has 1 N–H and O–H groups in total. The molecule has 1 aromatic heterocycles. The third-order valence-corrected chi connectivity index (χ3v) is 5.73. The van der Waals surface area contributed by atoms with Crippen molar-refractivity contribution in [1.82, 2.24) is 14.8 Å².